The maximum atomic E-state index is 13.0. The molecule has 1 heterocycles. The highest BCUT2D eigenvalue weighted by Gasteiger charge is 2.08. The summed E-state index contributed by atoms with van der Waals surface area (Å²) in [6.45, 7) is 0. The minimum atomic E-state index is -0.931. The fourth-order valence-corrected chi connectivity index (χ4v) is 2.25. The zero-order valence-electron chi connectivity index (χ0n) is 9.24. The highest BCUT2D eigenvalue weighted by atomic mass is 32.2. The normalized spacial score (nSPS) is 11.0. The van der Waals surface area contributed by atoms with E-state index in [0.717, 1.165) is 12.1 Å². The van der Waals surface area contributed by atoms with Gasteiger partial charge in [0.2, 0.25) is 0 Å². The number of carboxylic acid groups (broad SMARTS) is 1. The Morgan fingerprint density at radius 1 is 1.39 bits per heavy atom. The number of nitrogens with one attached hydrogen (secondary N) is 1. The second kappa shape index (κ2) is 5.34. The Balaban J connectivity index is 2.04. The van der Waals surface area contributed by atoms with E-state index in [1.807, 2.05) is 0 Å². The van der Waals surface area contributed by atoms with Gasteiger partial charge in [0, 0.05) is 17.9 Å². The van der Waals surface area contributed by atoms with E-state index in [-0.39, 0.29) is 6.42 Å². The summed E-state index contributed by atoms with van der Waals surface area (Å²) in [5.41, 5.74) is 0.797. The van der Waals surface area contributed by atoms with Crippen molar-refractivity contribution >= 4 is 28.8 Å². The molecule has 0 aliphatic carbocycles. The van der Waals surface area contributed by atoms with Crippen molar-refractivity contribution in [1.29, 1.82) is 0 Å². The van der Waals surface area contributed by atoms with E-state index in [2.05, 4.69) is 9.97 Å². The van der Waals surface area contributed by atoms with Crippen molar-refractivity contribution in [2.45, 2.75) is 12.2 Å². The van der Waals surface area contributed by atoms with Crippen molar-refractivity contribution in [2.24, 2.45) is 0 Å². The molecule has 0 aliphatic rings. The van der Waals surface area contributed by atoms with Gasteiger partial charge >= 0.3 is 5.97 Å². The van der Waals surface area contributed by atoms with Crippen LogP contribution in [0, 0.1) is 11.6 Å². The minimum Gasteiger partial charge on any atom is -0.481 e. The molecule has 0 atom stereocenters. The molecule has 4 nitrogen and oxygen atoms in total. The summed E-state index contributed by atoms with van der Waals surface area (Å²) in [6.07, 6.45) is 0.0775. The van der Waals surface area contributed by atoms with Gasteiger partial charge in [-0.05, 0) is 0 Å². The molecule has 1 aromatic heterocycles. The lowest BCUT2D eigenvalue weighted by Gasteiger charge is -1.95. The van der Waals surface area contributed by atoms with E-state index in [0.29, 0.717) is 28.4 Å². The molecule has 1 aromatic carbocycles. The van der Waals surface area contributed by atoms with Crippen molar-refractivity contribution in [1.82, 2.24) is 9.97 Å². The molecule has 7 heteroatoms. The molecule has 0 radical (unpaired) electrons. The second-order valence-corrected chi connectivity index (χ2v) is 4.77. The topological polar surface area (TPSA) is 66.0 Å². The first-order valence-electron chi connectivity index (χ1n) is 5.19. The number of halogens is 2. The van der Waals surface area contributed by atoms with Gasteiger partial charge in [-0.1, -0.05) is 0 Å². The maximum absolute atomic E-state index is 13.0. The average molecular weight is 272 g/mol. The molecule has 0 aliphatic heterocycles. The van der Waals surface area contributed by atoms with E-state index in [9.17, 15) is 13.6 Å². The molecule has 0 spiro atoms. The van der Waals surface area contributed by atoms with Crippen LogP contribution in [0.15, 0.2) is 12.1 Å². The molecule has 18 heavy (non-hydrogen) atoms. The summed E-state index contributed by atoms with van der Waals surface area (Å²) in [7, 11) is 0. The number of fused-ring (bicyclic) bond motifs is 1. The zero-order chi connectivity index (χ0) is 13.1. The molecule has 0 saturated carbocycles. The van der Waals surface area contributed by atoms with Crippen LogP contribution in [0.25, 0.3) is 11.0 Å². The monoisotopic (exact) mass is 272 g/mol. The van der Waals surface area contributed by atoms with Gasteiger partial charge in [-0.15, -0.1) is 0 Å². The number of aromatic amines is 1. The Hall–Kier alpha value is -1.63. The van der Waals surface area contributed by atoms with Crippen LogP contribution in [-0.4, -0.2) is 26.8 Å². The van der Waals surface area contributed by atoms with Crippen molar-refractivity contribution in [2.75, 3.05) is 5.75 Å². The van der Waals surface area contributed by atoms with Gasteiger partial charge < -0.3 is 10.1 Å². The number of imidazole rings is 1. The number of hydrogen-bond acceptors (Lipinski definition) is 3. The fraction of sp³-hybridized carbons (Fsp3) is 0.273. The molecule has 0 amide bonds. The number of nitrogens with zero attached hydrogens (tertiary/aromatic N) is 1. The summed E-state index contributed by atoms with van der Waals surface area (Å²) in [5.74, 6) is -1.18. The number of hydrogen-bond donors (Lipinski definition) is 2. The van der Waals surface area contributed by atoms with Gasteiger partial charge in [-0.2, -0.15) is 11.8 Å². The summed E-state index contributed by atoms with van der Waals surface area (Å²) in [6, 6.07) is 2.09. The van der Waals surface area contributed by atoms with Crippen molar-refractivity contribution in [3.8, 4) is 0 Å². The Morgan fingerprint density at radius 2 is 2.11 bits per heavy atom. The molecule has 2 rings (SSSR count). The number of benzene rings is 1. The molecule has 96 valence electrons. The Kier molecular flexibility index (Phi) is 3.81. The molecule has 0 bridgehead atoms. The van der Waals surface area contributed by atoms with E-state index in [1.165, 1.54) is 11.8 Å². The smallest absolute Gasteiger partial charge is 0.304 e. The van der Waals surface area contributed by atoms with Crippen LogP contribution in [0.3, 0.4) is 0 Å². The van der Waals surface area contributed by atoms with Gasteiger partial charge in [0.15, 0.2) is 11.6 Å². The molecular formula is C11H10F2N2O2S. The highest BCUT2D eigenvalue weighted by Crippen LogP contribution is 2.18. The third-order valence-electron chi connectivity index (χ3n) is 2.27. The molecule has 0 saturated heterocycles. The zero-order valence-corrected chi connectivity index (χ0v) is 10.1. The average Bonchev–Trinajstić information content (AvgIpc) is 2.67. The molecule has 2 N–H and O–H groups in total. The van der Waals surface area contributed by atoms with Crippen LogP contribution < -0.4 is 0 Å². The van der Waals surface area contributed by atoms with Gasteiger partial charge in [0.1, 0.15) is 5.82 Å². The largest absolute Gasteiger partial charge is 0.481 e. The summed E-state index contributed by atoms with van der Waals surface area (Å²) < 4.78 is 25.9. The van der Waals surface area contributed by atoms with Crippen molar-refractivity contribution in [3.63, 3.8) is 0 Å². The van der Waals surface area contributed by atoms with E-state index < -0.39 is 17.6 Å². The number of rotatable bonds is 5. The minimum absolute atomic E-state index is 0.0775. The summed E-state index contributed by atoms with van der Waals surface area (Å²) >= 11 is 1.40. The van der Waals surface area contributed by atoms with Crippen molar-refractivity contribution in [3.05, 3.63) is 29.6 Å². The summed E-state index contributed by atoms with van der Waals surface area (Å²) in [4.78, 5) is 17.3. The predicted molar refractivity (Wildman–Crippen MR) is 64.4 cm³/mol. The predicted octanol–water partition coefficient (Wildman–Crippen LogP) is 2.55. The second-order valence-electron chi connectivity index (χ2n) is 3.66. The molecule has 0 unspecified atom stereocenters. The lowest BCUT2D eigenvalue weighted by Crippen LogP contribution is -1.96. The van der Waals surface area contributed by atoms with Gasteiger partial charge in [0.25, 0.3) is 0 Å². The third kappa shape index (κ3) is 2.98. The molecular weight excluding hydrogens is 262 g/mol. The quantitative estimate of drug-likeness (QED) is 0.821. The standard InChI is InChI=1S/C11H10F2N2O2S/c12-6-3-8-9(4-7(6)13)15-10(14-8)5-18-2-1-11(16)17/h3-4H,1-2,5H2,(H,14,15)(H,16,17). The van der Waals surface area contributed by atoms with Crippen LogP contribution in [0.4, 0.5) is 8.78 Å². The summed E-state index contributed by atoms with van der Waals surface area (Å²) in [5, 5.41) is 8.47. The SMILES string of the molecule is O=C(O)CCSCc1nc2cc(F)c(F)cc2[nH]1. The molecule has 2 aromatic rings. The number of aliphatic carboxylic acids is 1. The lowest BCUT2D eigenvalue weighted by molar-refractivity contribution is -0.136. The number of carbonyl (C=O) groups is 1. The number of aromatic nitrogens is 2. The van der Waals surface area contributed by atoms with E-state index in [4.69, 9.17) is 5.11 Å². The molecule has 0 fully saturated rings. The van der Waals surface area contributed by atoms with Crippen LogP contribution in [0.1, 0.15) is 12.2 Å². The highest BCUT2D eigenvalue weighted by molar-refractivity contribution is 7.98. The number of H-pyrrole nitrogens is 1. The van der Waals surface area contributed by atoms with Gasteiger partial charge in [0.05, 0.1) is 23.2 Å². The van der Waals surface area contributed by atoms with Crippen LogP contribution >= 0.6 is 11.8 Å². The van der Waals surface area contributed by atoms with Crippen LogP contribution in [0.5, 0.6) is 0 Å². The van der Waals surface area contributed by atoms with Crippen LogP contribution in [-0.2, 0) is 10.5 Å². The number of carboxylic acids is 1. The number of thioether (sulfide) groups is 1. The first-order chi connectivity index (χ1) is 8.56. The fourth-order valence-electron chi connectivity index (χ4n) is 1.45. The Morgan fingerprint density at radius 3 is 2.83 bits per heavy atom. The Bertz CT molecular complexity index is 547. The first kappa shape index (κ1) is 12.8. The van der Waals surface area contributed by atoms with Crippen LogP contribution in [0.2, 0.25) is 0 Å². The van der Waals surface area contributed by atoms with E-state index >= 15 is 0 Å². The lowest BCUT2D eigenvalue weighted by atomic mass is 10.3. The third-order valence-corrected chi connectivity index (χ3v) is 3.24. The van der Waals surface area contributed by atoms with Gasteiger partial charge in [-0.25, -0.2) is 13.8 Å². The van der Waals surface area contributed by atoms with Crippen molar-refractivity contribution < 1.29 is 18.7 Å². The van der Waals surface area contributed by atoms with E-state index in [1.54, 1.807) is 0 Å². The Labute approximate surface area is 105 Å². The first-order valence-corrected chi connectivity index (χ1v) is 6.35. The van der Waals surface area contributed by atoms with Gasteiger partial charge in [-0.3, -0.25) is 4.79 Å². The maximum Gasteiger partial charge on any atom is 0.304 e.